The molecule has 1 saturated carbocycles. The normalized spacial score (nSPS) is 26.8. The fraction of sp³-hybridized carbons (Fsp3) is 0.625. The summed E-state index contributed by atoms with van der Waals surface area (Å²) in [7, 11) is 0. The maximum Gasteiger partial charge on any atom is 0.152 e. The summed E-state index contributed by atoms with van der Waals surface area (Å²) >= 11 is 12.0. The molecular formula is C16H23Cl2NO. The van der Waals surface area contributed by atoms with Crippen LogP contribution in [0.2, 0.25) is 10.0 Å². The quantitative estimate of drug-likeness (QED) is 0.714. The van der Waals surface area contributed by atoms with Gasteiger partial charge in [-0.1, -0.05) is 50.4 Å². The van der Waals surface area contributed by atoms with Crippen molar-refractivity contribution in [3.63, 3.8) is 0 Å². The van der Waals surface area contributed by atoms with E-state index in [9.17, 15) is 5.11 Å². The fourth-order valence-electron chi connectivity index (χ4n) is 3.23. The van der Waals surface area contributed by atoms with E-state index in [0.29, 0.717) is 27.9 Å². The highest BCUT2D eigenvalue weighted by Crippen LogP contribution is 2.38. The minimum absolute atomic E-state index is 0.0451. The molecule has 4 heteroatoms. The summed E-state index contributed by atoms with van der Waals surface area (Å²) in [5.41, 5.74) is 0.891. The zero-order chi connectivity index (χ0) is 14.9. The van der Waals surface area contributed by atoms with Gasteiger partial charge in [-0.15, -0.1) is 0 Å². The molecule has 0 aromatic heterocycles. The summed E-state index contributed by atoms with van der Waals surface area (Å²) in [6.45, 7) is 6.88. The van der Waals surface area contributed by atoms with Crippen molar-refractivity contribution < 1.29 is 5.11 Å². The Morgan fingerprint density at radius 2 is 1.80 bits per heavy atom. The molecule has 2 N–H and O–H groups in total. The summed E-state index contributed by atoms with van der Waals surface area (Å²) in [4.78, 5) is 0. The van der Waals surface area contributed by atoms with Crippen LogP contribution in [0, 0.1) is 17.8 Å². The average Bonchev–Trinajstić information content (AvgIpc) is 2.35. The molecule has 0 radical (unpaired) electrons. The number of phenols is 1. The first kappa shape index (κ1) is 15.8. The minimum Gasteiger partial charge on any atom is -0.505 e. The van der Waals surface area contributed by atoms with Gasteiger partial charge in [-0.3, -0.25) is 0 Å². The molecule has 1 aromatic carbocycles. The minimum atomic E-state index is -0.0451. The highest BCUT2D eigenvalue weighted by atomic mass is 35.5. The summed E-state index contributed by atoms with van der Waals surface area (Å²) in [5.74, 6) is 2.02. The molecule has 2 rings (SSSR count). The number of hydrogen-bond donors (Lipinski definition) is 2. The predicted octanol–water partition coefficient (Wildman–Crippen LogP) is 5.57. The van der Waals surface area contributed by atoms with Crippen molar-refractivity contribution in [1.29, 1.82) is 0 Å². The number of anilines is 1. The topological polar surface area (TPSA) is 32.3 Å². The number of phenolic OH excluding ortho intramolecular Hbond substituents is 1. The SMILES string of the molecule is CC1CCC(C(C)C)C(Nc2cc(Cl)c(O)c(Cl)c2)C1. The first-order valence-corrected chi connectivity index (χ1v) is 8.08. The van der Waals surface area contributed by atoms with Gasteiger partial charge in [-0.05, 0) is 42.7 Å². The van der Waals surface area contributed by atoms with Crippen LogP contribution in [0.1, 0.15) is 40.0 Å². The Morgan fingerprint density at radius 3 is 2.35 bits per heavy atom. The summed E-state index contributed by atoms with van der Waals surface area (Å²) in [6, 6.07) is 3.94. The monoisotopic (exact) mass is 315 g/mol. The van der Waals surface area contributed by atoms with Gasteiger partial charge in [-0.2, -0.15) is 0 Å². The number of aromatic hydroxyl groups is 1. The second-order valence-corrected chi connectivity index (χ2v) is 7.18. The van der Waals surface area contributed by atoms with Gasteiger partial charge in [0.25, 0.3) is 0 Å². The Kier molecular flexibility index (Phi) is 5.09. The van der Waals surface area contributed by atoms with E-state index >= 15 is 0 Å². The third-order valence-corrected chi connectivity index (χ3v) is 4.97. The van der Waals surface area contributed by atoms with Gasteiger partial charge in [-0.25, -0.2) is 0 Å². The maximum absolute atomic E-state index is 9.63. The van der Waals surface area contributed by atoms with Gasteiger partial charge in [0.1, 0.15) is 0 Å². The molecule has 112 valence electrons. The van der Waals surface area contributed by atoms with Crippen molar-refractivity contribution >= 4 is 28.9 Å². The van der Waals surface area contributed by atoms with E-state index in [1.165, 1.54) is 19.3 Å². The van der Waals surface area contributed by atoms with Gasteiger partial charge in [0.05, 0.1) is 10.0 Å². The molecule has 1 fully saturated rings. The van der Waals surface area contributed by atoms with Crippen LogP contribution < -0.4 is 5.32 Å². The third-order valence-electron chi connectivity index (χ3n) is 4.39. The standard InChI is InChI=1S/C16H23Cl2NO/c1-9(2)12-5-4-10(3)6-15(12)19-11-7-13(17)16(20)14(18)8-11/h7-10,12,15,19-20H,4-6H2,1-3H3. The van der Waals surface area contributed by atoms with Crippen molar-refractivity contribution in [2.75, 3.05) is 5.32 Å². The summed E-state index contributed by atoms with van der Waals surface area (Å²) in [5, 5.41) is 13.8. The maximum atomic E-state index is 9.63. The molecule has 0 aliphatic heterocycles. The van der Waals surface area contributed by atoms with E-state index in [-0.39, 0.29) is 5.75 Å². The highest BCUT2D eigenvalue weighted by molar-refractivity contribution is 6.37. The lowest BCUT2D eigenvalue weighted by Crippen LogP contribution is -2.37. The van der Waals surface area contributed by atoms with Gasteiger partial charge in [0.15, 0.2) is 5.75 Å². The second kappa shape index (κ2) is 6.44. The Labute approximate surface area is 131 Å². The lowest BCUT2D eigenvalue weighted by atomic mass is 9.74. The van der Waals surface area contributed by atoms with Crippen molar-refractivity contribution in [3.8, 4) is 5.75 Å². The molecule has 20 heavy (non-hydrogen) atoms. The van der Waals surface area contributed by atoms with E-state index in [1.807, 2.05) is 0 Å². The van der Waals surface area contributed by atoms with Crippen LogP contribution in [0.25, 0.3) is 0 Å². The van der Waals surface area contributed by atoms with Crippen LogP contribution in [0.5, 0.6) is 5.75 Å². The molecule has 1 aliphatic rings. The number of rotatable bonds is 3. The Balaban J connectivity index is 2.18. The first-order chi connectivity index (χ1) is 9.38. The number of benzene rings is 1. The van der Waals surface area contributed by atoms with E-state index < -0.39 is 0 Å². The smallest absolute Gasteiger partial charge is 0.152 e. The van der Waals surface area contributed by atoms with Crippen molar-refractivity contribution in [2.24, 2.45) is 17.8 Å². The second-order valence-electron chi connectivity index (χ2n) is 6.37. The molecule has 3 unspecified atom stereocenters. The summed E-state index contributed by atoms with van der Waals surface area (Å²) < 4.78 is 0. The lowest BCUT2D eigenvalue weighted by molar-refractivity contribution is 0.212. The number of halogens is 2. The van der Waals surface area contributed by atoms with Crippen LogP contribution in [0.4, 0.5) is 5.69 Å². The highest BCUT2D eigenvalue weighted by Gasteiger charge is 2.30. The molecule has 1 aromatic rings. The number of hydrogen-bond acceptors (Lipinski definition) is 2. The first-order valence-electron chi connectivity index (χ1n) is 7.33. The van der Waals surface area contributed by atoms with Gasteiger partial charge in [0.2, 0.25) is 0 Å². The molecule has 0 saturated heterocycles. The molecular weight excluding hydrogens is 293 g/mol. The molecule has 0 bridgehead atoms. The van der Waals surface area contributed by atoms with Crippen molar-refractivity contribution in [3.05, 3.63) is 22.2 Å². The molecule has 0 spiro atoms. The predicted molar refractivity (Wildman–Crippen MR) is 86.9 cm³/mol. The zero-order valence-electron chi connectivity index (χ0n) is 12.3. The number of nitrogens with one attached hydrogen (secondary N) is 1. The third kappa shape index (κ3) is 3.53. The van der Waals surface area contributed by atoms with Crippen LogP contribution >= 0.6 is 23.2 Å². The summed E-state index contributed by atoms with van der Waals surface area (Å²) in [6.07, 6.45) is 3.73. The van der Waals surface area contributed by atoms with Crippen LogP contribution in [-0.4, -0.2) is 11.1 Å². The Hall–Kier alpha value is -0.600. The molecule has 3 atom stereocenters. The Bertz CT molecular complexity index is 453. The van der Waals surface area contributed by atoms with E-state index in [0.717, 1.165) is 11.6 Å². The van der Waals surface area contributed by atoms with Gasteiger partial charge in [0, 0.05) is 11.7 Å². The van der Waals surface area contributed by atoms with E-state index in [4.69, 9.17) is 23.2 Å². The zero-order valence-corrected chi connectivity index (χ0v) is 13.8. The average molecular weight is 316 g/mol. The molecule has 1 aliphatic carbocycles. The van der Waals surface area contributed by atoms with E-state index in [2.05, 4.69) is 26.1 Å². The molecule has 2 nitrogen and oxygen atoms in total. The van der Waals surface area contributed by atoms with Gasteiger partial charge >= 0.3 is 0 Å². The van der Waals surface area contributed by atoms with Crippen LogP contribution in [0.15, 0.2) is 12.1 Å². The lowest BCUT2D eigenvalue weighted by Gasteiger charge is -2.38. The van der Waals surface area contributed by atoms with Crippen molar-refractivity contribution in [1.82, 2.24) is 0 Å². The van der Waals surface area contributed by atoms with E-state index in [1.54, 1.807) is 12.1 Å². The molecule has 0 heterocycles. The van der Waals surface area contributed by atoms with Gasteiger partial charge < -0.3 is 10.4 Å². The van der Waals surface area contributed by atoms with Crippen LogP contribution in [-0.2, 0) is 0 Å². The largest absolute Gasteiger partial charge is 0.505 e. The fourth-order valence-corrected chi connectivity index (χ4v) is 3.72. The van der Waals surface area contributed by atoms with Crippen LogP contribution in [0.3, 0.4) is 0 Å². The van der Waals surface area contributed by atoms with Crippen molar-refractivity contribution in [2.45, 2.75) is 46.1 Å². The Morgan fingerprint density at radius 1 is 1.20 bits per heavy atom. The molecule has 0 amide bonds.